The second-order valence-electron chi connectivity index (χ2n) is 8.24. The Morgan fingerprint density at radius 2 is 1.87 bits per heavy atom. The summed E-state index contributed by atoms with van der Waals surface area (Å²) in [4.78, 5) is 17.3. The summed E-state index contributed by atoms with van der Waals surface area (Å²) in [5.41, 5.74) is 1.56. The molecule has 31 heavy (non-hydrogen) atoms. The van der Waals surface area contributed by atoms with E-state index in [1.54, 1.807) is 31.4 Å². The first-order valence-electron chi connectivity index (χ1n) is 10.6. The maximum Gasteiger partial charge on any atom is 0.254 e. The van der Waals surface area contributed by atoms with E-state index in [0.29, 0.717) is 47.7 Å². The van der Waals surface area contributed by atoms with E-state index in [-0.39, 0.29) is 11.7 Å². The Hall–Kier alpha value is -2.31. The summed E-state index contributed by atoms with van der Waals surface area (Å²) < 4.78 is 24.4. The second-order valence-corrected chi connectivity index (χ2v) is 8.65. The zero-order valence-electron chi connectivity index (χ0n) is 18.4. The maximum atomic E-state index is 13.2. The summed E-state index contributed by atoms with van der Waals surface area (Å²) in [6.07, 6.45) is 0.868. The van der Waals surface area contributed by atoms with Crippen LogP contribution in [0.15, 0.2) is 36.4 Å². The summed E-state index contributed by atoms with van der Waals surface area (Å²) in [7, 11) is 1.54. The highest BCUT2D eigenvalue weighted by Gasteiger charge is 2.23. The molecule has 2 aromatic carbocycles. The van der Waals surface area contributed by atoms with Crippen molar-refractivity contribution in [3.05, 3.63) is 58.4 Å². The predicted molar refractivity (Wildman–Crippen MR) is 121 cm³/mol. The Morgan fingerprint density at radius 3 is 2.55 bits per heavy atom. The number of ether oxygens (including phenoxy) is 2. The minimum absolute atomic E-state index is 0.0701. The summed E-state index contributed by atoms with van der Waals surface area (Å²) in [6, 6.07) is 9.93. The number of carbonyl (C=O) groups is 1. The van der Waals surface area contributed by atoms with Crippen molar-refractivity contribution in [3.63, 3.8) is 0 Å². The van der Waals surface area contributed by atoms with Gasteiger partial charge < -0.3 is 14.4 Å². The van der Waals surface area contributed by atoms with E-state index in [9.17, 15) is 9.18 Å². The van der Waals surface area contributed by atoms with Crippen LogP contribution in [0.2, 0.25) is 5.02 Å². The summed E-state index contributed by atoms with van der Waals surface area (Å²) in [5, 5.41) is 0.371. The normalized spacial score (nSPS) is 15.1. The van der Waals surface area contributed by atoms with Gasteiger partial charge in [0.1, 0.15) is 5.82 Å². The Labute approximate surface area is 188 Å². The molecule has 0 saturated carbocycles. The lowest BCUT2D eigenvalue weighted by Crippen LogP contribution is -2.35. The number of methoxy groups -OCH3 is 1. The number of nitrogens with zero attached hydrogens (tertiary/aromatic N) is 2. The highest BCUT2D eigenvalue weighted by atomic mass is 35.5. The fraction of sp³-hybridized carbons (Fsp3) is 0.458. The molecular formula is C24H30ClFN2O3. The van der Waals surface area contributed by atoms with Crippen LogP contribution in [0.3, 0.4) is 0 Å². The quantitative estimate of drug-likeness (QED) is 0.606. The zero-order valence-corrected chi connectivity index (χ0v) is 19.1. The highest BCUT2D eigenvalue weighted by molar-refractivity contribution is 6.32. The van der Waals surface area contributed by atoms with Crippen molar-refractivity contribution < 1.29 is 18.7 Å². The molecule has 5 nitrogen and oxygen atoms in total. The number of hydrogen-bond donors (Lipinski definition) is 0. The van der Waals surface area contributed by atoms with Crippen LogP contribution >= 0.6 is 11.6 Å². The molecule has 168 valence electrons. The lowest BCUT2D eigenvalue weighted by Gasteiger charge is -2.23. The van der Waals surface area contributed by atoms with Gasteiger partial charge in [0.05, 0.1) is 18.7 Å². The van der Waals surface area contributed by atoms with E-state index in [2.05, 4.69) is 18.7 Å². The van der Waals surface area contributed by atoms with Gasteiger partial charge in [-0.15, -0.1) is 0 Å². The van der Waals surface area contributed by atoms with Gasteiger partial charge in [-0.25, -0.2) is 4.39 Å². The smallest absolute Gasteiger partial charge is 0.254 e. The van der Waals surface area contributed by atoms with Gasteiger partial charge in [-0.3, -0.25) is 9.69 Å². The first-order chi connectivity index (χ1) is 14.9. The summed E-state index contributed by atoms with van der Waals surface area (Å²) >= 11 is 6.43. The summed E-state index contributed by atoms with van der Waals surface area (Å²) in [6.45, 7) is 8.28. The molecule has 0 spiro atoms. The number of carbonyl (C=O) groups excluding carboxylic acids is 1. The minimum atomic E-state index is -0.230. The topological polar surface area (TPSA) is 42.0 Å². The van der Waals surface area contributed by atoms with Gasteiger partial charge in [0.25, 0.3) is 5.91 Å². The Morgan fingerprint density at radius 1 is 1.13 bits per heavy atom. The van der Waals surface area contributed by atoms with Crippen LogP contribution in [-0.2, 0) is 6.54 Å². The number of hydrogen-bond acceptors (Lipinski definition) is 4. The van der Waals surface area contributed by atoms with Crippen LogP contribution in [-0.4, -0.2) is 55.6 Å². The third-order valence-electron chi connectivity index (χ3n) is 5.23. The molecule has 1 heterocycles. The van der Waals surface area contributed by atoms with E-state index in [1.807, 2.05) is 4.90 Å². The second kappa shape index (κ2) is 10.8. The molecule has 1 saturated heterocycles. The number of amides is 1. The van der Waals surface area contributed by atoms with Crippen molar-refractivity contribution in [1.29, 1.82) is 0 Å². The van der Waals surface area contributed by atoms with E-state index in [4.69, 9.17) is 21.1 Å². The maximum absolute atomic E-state index is 13.2. The molecule has 0 N–H and O–H groups in total. The fourth-order valence-electron chi connectivity index (χ4n) is 3.60. The molecule has 0 bridgehead atoms. The average Bonchev–Trinajstić information content (AvgIpc) is 2.99. The van der Waals surface area contributed by atoms with Crippen LogP contribution in [0.4, 0.5) is 4.39 Å². The van der Waals surface area contributed by atoms with Crippen molar-refractivity contribution >= 4 is 17.5 Å². The molecule has 0 unspecified atom stereocenters. The van der Waals surface area contributed by atoms with Crippen molar-refractivity contribution in [3.8, 4) is 11.5 Å². The molecule has 0 aliphatic carbocycles. The number of benzene rings is 2. The lowest BCUT2D eigenvalue weighted by atomic mass is 10.1. The van der Waals surface area contributed by atoms with Gasteiger partial charge in [-0.05, 0) is 42.2 Å². The Bertz CT molecular complexity index is 889. The highest BCUT2D eigenvalue weighted by Crippen LogP contribution is 2.37. The van der Waals surface area contributed by atoms with Gasteiger partial charge in [-0.2, -0.15) is 0 Å². The third kappa shape index (κ3) is 6.34. The van der Waals surface area contributed by atoms with E-state index in [1.165, 1.54) is 12.1 Å². The van der Waals surface area contributed by atoms with E-state index >= 15 is 0 Å². The average molecular weight is 449 g/mol. The molecule has 1 amide bonds. The zero-order chi connectivity index (χ0) is 22.4. The molecule has 0 radical (unpaired) electrons. The first-order valence-corrected chi connectivity index (χ1v) is 11.0. The third-order valence-corrected chi connectivity index (χ3v) is 5.51. The molecule has 1 fully saturated rings. The van der Waals surface area contributed by atoms with Crippen molar-refractivity contribution in [1.82, 2.24) is 9.80 Å². The Kier molecular flexibility index (Phi) is 8.15. The van der Waals surface area contributed by atoms with E-state index in [0.717, 1.165) is 31.6 Å². The molecule has 1 aliphatic rings. The largest absolute Gasteiger partial charge is 0.493 e. The Balaban J connectivity index is 1.66. The van der Waals surface area contributed by atoms with Crippen LogP contribution in [0.1, 0.15) is 36.2 Å². The van der Waals surface area contributed by atoms with Gasteiger partial charge in [0.2, 0.25) is 0 Å². The van der Waals surface area contributed by atoms with Gasteiger partial charge >= 0.3 is 0 Å². The van der Waals surface area contributed by atoms with Crippen molar-refractivity contribution in [2.45, 2.75) is 26.8 Å². The SMILES string of the molecule is COc1cc(C(=O)N2CCCN(Cc3ccc(F)cc3)CC2)cc(Cl)c1OCC(C)C. The molecule has 0 atom stereocenters. The van der Waals surface area contributed by atoms with Gasteiger partial charge in [-0.1, -0.05) is 37.6 Å². The van der Waals surface area contributed by atoms with Gasteiger partial charge in [0, 0.05) is 38.3 Å². The molecular weight excluding hydrogens is 419 g/mol. The van der Waals surface area contributed by atoms with Crippen molar-refractivity contribution in [2.75, 3.05) is 39.9 Å². The van der Waals surface area contributed by atoms with E-state index < -0.39 is 0 Å². The fourth-order valence-corrected chi connectivity index (χ4v) is 3.86. The number of halogens is 2. The number of rotatable bonds is 7. The minimum Gasteiger partial charge on any atom is -0.493 e. The molecule has 2 aromatic rings. The standard InChI is InChI=1S/C24H30ClFN2O3/c1-17(2)16-31-23-21(25)13-19(14-22(23)30-3)24(29)28-10-4-9-27(11-12-28)15-18-5-7-20(26)8-6-18/h5-8,13-14,17H,4,9-12,15-16H2,1-3H3. The van der Waals surface area contributed by atoms with Crippen LogP contribution < -0.4 is 9.47 Å². The molecule has 0 aromatic heterocycles. The summed E-state index contributed by atoms with van der Waals surface area (Å²) in [5.74, 6) is 0.974. The molecule has 1 aliphatic heterocycles. The van der Waals surface area contributed by atoms with Crippen LogP contribution in [0.25, 0.3) is 0 Å². The van der Waals surface area contributed by atoms with Crippen LogP contribution in [0, 0.1) is 11.7 Å². The molecule has 3 rings (SSSR count). The lowest BCUT2D eigenvalue weighted by molar-refractivity contribution is 0.0760. The monoisotopic (exact) mass is 448 g/mol. The van der Waals surface area contributed by atoms with Crippen molar-refractivity contribution in [2.24, 2.45) is 5.92 Å². The van der Waals surface area contributed by atoms with Gasteiger partial charge in [0.15, 0.2) is 11.5 Å². The molecule has 7 heteroatoms. The first kappa shape index (κ1) is 23.4. The van der Waals surface area contributed by atoms with Crippen LogP contribution in [0.5, 0.6) is 11.5 Å². The predicted octanol–water partition coefficient (Wildman–Crippen LogP) is 4.87.